The smallest absolute Gasteiger partial charge is 0.417 e. The lowest BCUT2D eigenvalue weighted by atomic mass is 9.97. The van der Waals surface area contributed by atoms with Crippen molar-refractivity contribution in [2.75, 3.05) is 13.2 Å². The number of morpholine rings is 1. The third kappa shape index (κ3) is 3.70. The van der Waals surface area contributed by atoms with Crippen LogP contribution in [0.5, 0.6) is 0 Å². The Morgan fingerprint density at radius 2 is 2.17 bits per heavy atom. The predicted octanol–water partition coefficient (Wildman–Crippen LogP) is 2.20. The average molecular weight is 257 g/mol. The minimum absolute atomic E-state index is 0.0494. The predicted molar refractivity (Wildman–Crippen MR) is 67.1 cm³/mol. The Morgan fingerprint density at radius 1 is 1.56 bits per heavy atom. The molecule has 18 heavy (non-hydrogen) atoms. The normalized spacial score (nSPS) is 22.8. The Morgan fingerprint density at radius 3 is 2.67 bits per heavy atom. The molecular formula is C13H23NO4. The summed E-state index contributed by atoms with van der Waals surface area (Å²) >= 11 is 0. The average Bonchev–Trinajstić information content (AvgIpc) is 2.25. The van der Waals surface area contributed by atoms with Crippen molar-refractivity contribution in [3.8, 4) is 0 Å². The van der Waals surface area contributed by atoms with Crippen molar-refractivity contribution in [2.24, 2.45) is 5.92 Å². The Balaban J connectivity index is 2.84. The highest BCUT2D eigenvalue weighted by Crippen LogP contribution is 2.21. The quantitative estimate of drug-likeness (QED) is 0.761. The van der Waals surface area contributed by atoms with Crippen LogP contribution in [-0.2, 0) is 14.3 Å². The van der Waals surface area contributed by atoms with E-state index in [-0.39, 0.29) is 24.5 Å². The number of rotatable bonds is 2. The maximum Gasteiger partial charge on any atom is 0.417 e. The summed E-state index contributed by atoms with van der Waals surface area (Å²) in [5.74, 6) is -0.123. The maximum atomic E-state index is 12.1. The van der Waals surface area contributed by atoms with Gasteiger partial charge in [-0.05, 0) is 26.7 Å². The van der Waals surface area contributed by atoms with Gasteiger partial charge in [-0.1, -0.05) is 20.3 Å². The molecule has 0 aliphatic carbocycles. The zero-order valence-electron chi connectivity index (χ0n) is 11.9. The van der Waals surface area contributed by atoms with E-state index in [0.717, 1.165) is 6.42 Å². The van der Waals surface area contributed by atoms with Gasteiger partial charge in [0.15, 0.2) is 0 Å². The van der Waals surface area contributed by atoms with E-state index in [0.29, 0.717) is 6.61 Å². The first-order chi connectivity index (χ1) is 8.26. The molecule has 0 radical (unpaired) electrons. The molecule has 2 atom stereocenters. The van der Waals surface area contributed by atoms with Crippen LogP contribution >= 0.6 is 0 Å². The van der Waals surface area contributed by atoms with E-state index in [1.807, 2.05) is 13.8 Å². The van der Waals surface area contributed by atoms with Gasteiger partial charge >= 0.3 is 6.09 Å². The van der Waals surface area contributed by atoms with Gasteiger partial charge < -0.3 is 9.47 Å². The number of ether oxygens (including phenoxy) is 2. The zero-order chi connectivity index (χ0) is 13.9. The van der Waals surface area contributed by atoms with Gasteiger partial charge in [0, 0.05) is 0 Å². The molecule has 0 saturated carbocycles. The minimum Gasteiger partial charge on any atom is -0.443 e. The molecule has 0 bridgehead atoms. The van der Waals surface area contributed by atoms with E-state index in [2.05, 4.69) is 0 Å². The van der Waals surface area contributed by atoms with Crippen molar-refractivity contribution in [1.82, 2.24) is 4.90 Å². The second-order valence-electron chi connectivity index (χ2n) is 5.71. The topological polar surface area (TPSA) is 55.8 Å². The van der Waals surface area contributed by atoms with E-state index in [1.165, 1.54) is 4.90 Å². The number of carbonyl (C=O) groups is 2. The molecule has 0 aromatic carbocycles. The Bertz CT molecular complexity index is 321. The van der Waals surface area contributed by atoms with Crippen LogP contribution in [0.25, 0.3) is 0 Å². The third-order valence-electron chi connectivity index (χ3n) is 3.01. The van der Waals surface area contributed by atoms with Gasteiger partial charge in [0.25, 0.3) is 5.91 Å². The molecule has 0 aromatic heterocycles. The van der Waals surface area contributed by atoms with Crippen LogP contribution < -0.4 is 0 Å². The van der Waals surface area contributed by atoms with Crippen molar-refractivity contribution in [3.05, 3.63) is 0 Å². The van der Waals surface area contributed by atoms with Gasteiger partial charge in [0.1, 0.15) is 12.2 Å². The number of nitrogens with zero attached hydrogens (tertiary/aromatic N) is 1. The van der Waals surface area contributed by atoms with Crippen LogP contribution in [0, 0.1) is 5.92 Å². The molecule has 0 aromatic rings. The van der Waals surface area contributed by atoms with E-state index < -0.39 is 11.7 Å². The molecule has 2 amide bonds. The van der Waals surface area contributed by atoms with Crippen LogP contribution in [0.1, 0.15) is 41.0 Å². The Hall–Kier alpha value is -1.10. The number of carbonyl (C=O) groups excluding carboxylic acids is 2. The van der Waals surface area contributed by atoms with Gasteiger partial charge in [-0.2, -0.15) is 0 Å². The molecule has 1 fully saturated rings. The standard InChI is InChI=1S/C13H23NO4/c1-6-9(2)10-7-17-8-11(15)14(10)12(16)18-13(3,4)5/h9-10H,6-8H2,1-5H3/t9-,10+/m0/s1. The second kappa shape index (κ2) is 5.69. The van der Waals surface area contributed by atoms with E-state index in [1.54, 1.807) is 20.8 Å². The van der Waals surface area contributed by atoms with Crippen LogP contribution in [0.4, 0.5) is 4.79 Å². The van der Waals surface area contributed by atoms with E-state index in [4.69, 9.17) is 9.47 Å². The SMILES string of the molecule is CC[C@H](C)[C@H]1COCC(=O)N1C(=O)OC(C)(C)C. The zero-order valence-corrected chi connectivity index (χ0v) is 11.9. The second-order valence-corrected chi connectivity index (χ2v) is 5.71. The molecule has 0 spiro atoms. The highest BCUT2D eigenvalue weighted by molar-refractivity contribution is 5.93. The largest absolute Gasteiger partial charge is 0.443 e. The number of hydrogen-bond donors (Lipinski definition) is 0. The molecule has 5 nitrogen and oxygen atoms in total. The summed E-state index contributed by atoms with van der Waals surface area (Å²) in [5.41, 5.74) is -0.602. The molecular weight excluding hydrogens is 234 g/mol. The summed E-state index contributed by atoms with van der Waals surface area (Å²) < 4.78 is 10.5. The fourth-order valence-electron chi connectivity index (χ4n) is 1.84. The molecule has 1 saturated heterocycles. The first-order valence-corrected chi connectivity index (χ1v) is 6.39. The Kier molecular flexibility index (Phi) is 4.73. The first-order valence-electron chi connectivity index (χ1n) is 6.39. The lowest BCUT2D eigenvalue weighted by molar-refractivity contribution is -0.148. The van der Waals surface area contributed by atoms with Crippen LogP contribution in [-0.4, -0.2) is 41.8 Å². The first kappa shape index (κ1) is 15.0. The fraction of sp³-hybridized carbons (Fsp3) is 0.846. The lowest BCUT2D eigenvalue weighted by Gasteiger charge is -2.37. The number of hydrogen-bond acceptors (Lipinski definition) is 4. The lowest BCUT2D eigenvalue weighted by Crippen LogP contribution is -2.55. The maximum absolute atomic E-state index is 12.1. The van der Waals surface area contributed by atoms with Crippen LogP contribution in [0.2, 0.25) is 0 Å². The van der Waals surface area contributed by atoms with E-state index in [9.17, 15) is 9.59 Å². The summed E-state index contributed by atoms with van der Waals surface area (Å²) in [7, 11) is 0. The van der Waals surface area contributed by atoms with Gasteiger partial charge in [0.05, 0.1) is 12.6 Å². The van der Waals surface area contributed by atoms with Crippen LogP contribution in [0.15, 0.2) is 0 Å². The van der Waals surface area contributed by atoms with Crippen molar-refractivity contribution < 1.29 is 19.1 Å². The molecule has 1 heterocycles. The van der Waals surface area contributed by atoms with E-state index >= 15 is 0 Å². The Labute approximate surface area is 108 Å². The van der Waals surface area contributed by atoms with Gasteiger partial charge in [0.2, 0.25) is 0 Å². The molecule has 104 valence electrons. The van der Waals surface area contributed by atoms with Gasteiger partial charge in [-0.15, -0.1) is 0 Å². The van der Waals surface area contributed by atoms with Crippen molar-refractivity contribution in [2.45, 2.75) is 52.7 Å². The van der Waals surface area contributed by atoms with Gasteiger partial charge in [-0.3, -0.25) is 4.79 Å². The van der Waals surface area contributed by atoms with Gasteiger partial charge in [-0.25, -0.2) is 9.69 Å². The van der Waals surface area contributed by atoms with Crippen molar-refractivity contribution in [1.29, 1.82) is 0 Å². The molecule has 0 N–H and O–H groups in total. The van der Waals surface area contributed by atoms with Crippen molar-refractivity contribution >= 4 is 12.0 Å². The minimum atomic E-state index is -0.602. The van der Waals surface area contributed by atoms with Crippen LogP contribution in [0.3, 0.4) is 0 Å². The summed E-state index contributed by atoms with van der Waals surface area (Å²) in [6.45, 7) is 9.73. The highest BCUT2D eigenvalue weighted by atomic mass is 16.6. The number of amides is 2. The fourth-order valence-corrected chi connectivity index (χ4v) is 1.84. The summed E-state index contributed by atoms with van der Waals surface area (Å²) in [6, 6.07) is -0.230. The monoisotopic (exact) mass is 257 g/mol. The molecule has 1 aliphatic rings. The molecule has 1 rings (SSSR count). The summed E-state index contributed by atoms with van der Waals surface area (Å²) in [5, 5.41) is 0. The molecule has 1 aliphatic heterocycles. The van der Waals surface area contributed by atoms with Crippen molar-refractivity contribution in [3.63, 3.8) is 0 Å². The molecule has 5 heteroatoms. The summed E-state index contributed by atoms with van der Waals surface area (Å²) in [6.07, 6.45) is 0.307. The molecule has 0 unspecified atom stereocenters. The third-order valence-corrected chi connectivity index (χ3v) is 3.01. The number of imide groups is 1. The highest BCUT2D eigenvalue weighted by Gasteiger charge is 2.38. The summed E-state index contributed by atoms with van der Waals surface area (Å²) in [4.78, 5) is 25.2.